The number of nitrogens with zero attached hydrogens (tertiary/aromatic N) is 2. The first kappa shape index (κ1) is 18.0. The van der Waals surface area contributed by atoms with Gasteiger partial charge in [0.1, 0.15) is 11.6 Å². The predicted octanol–water partition coefficient (Wildman–Crippen LogP) is 2.46. The second kappa shape index (κ2) is 5.64. The first-order valence-electron chi connectivity index (χ1n) is 7.18. The molecular formula is C15H18F3N3O3. The van der Waals surface area contributed by atoms with Crippen molar-refractivity contribution in [2.75, 3.05) is 0 Å². The standard InChI is InChI=1S/C15H18F3N3O3/c1-9-19-14(15(16,17)18,20-11(22)13(2,3)4)12(23)21(9)8-10-6-5-7-24-10/h5-7H,8H2,1-4H3,(H,20,22). The van der Waals surface area contributed by atoms with Gasteiger partial charge < -0.3 is 9.73 Å². The van der Waals surface area contributed by atoms with Gasteiger partial charge in [-0.25, -0.2) is 4.99 Å². The van der Waals surface area contributed by atoms with Crippen LogP contribution in [-0.2, 0) is 16.1 Å². The van der Waals surface area contributed by atoms with Gasteiger partial charge in [0.05, 0.1) is 12.8 Å². The number of carbonyl (C=O) groups excluding carboxylic acids is 2. The zero-order valence-corrected chi connectivity index (χ0v) is 13.7. The molecule has 6 nitrogen and oxygen atoms in total. The van der Waals surface area contributed by atoms with E-state index < -0.39 is 29.1 Å². The van der Waals surface area contributed by atoms with E-state index in [-0.39, 0.29) is 12.4 Å². The van der Waals surface area contributed by atoms with Gasteiger partial charge in [0, 0.05) is 5.41 Å². The molecule has 0 spiro atoms. The van der Waals surface area contributed by atoms with E-state index in [1.54, 1.807) is 11.4 Å². The van der Waals surface area contributed by atoms with Gasteiger partial charge in [-0.1, -0.05) is 20.8 Å². The van der Waals surface area contributed by atoms with Gasteiger partial charge in [0.15, 0.2) is 0 Å². The fourth-order valence-corrected chi connectivity index (χ4v) is 2.13. The molecule has 0 aromatic carbocycles. The van der Waals surface area contributed by atoms with Gasteiger partial charge in [0.25, 0.3) is 5.91 Å². The van der Waals surface area contributed by atoms with Crippen LogP contribution in [0.2, 0.25) is 0 Å². The highest BCUT2D eigenvalue weighted by Crippen LogP contribution is 2.38. The Morgan fingerprint density at radius 3 is 2.46 bits per heavy atom. The van der Waals surface area contributed by atoms with Crippen LogP contribution < -0.4 is 5.32 Å². The number of rotatable bonds is 3. The summed E-state index contributed by atoms with van der Waals surface area (Å²) in [6.07, 6.45) is -3.73. The van der Waals surface area contributed by atoms with E-state index in [9.17, 15) is 22.8 Å². The van der Waals surface area contributed by atoms with Crippen molar-refractivity contribution in [2.24, 2.45) is 10.4 Å². The van der Waals surface area contributed by atoms with Crippen LogP contribution in [-0.4, -0.2) is 34.4 Å². The van der Waals surface area contributed by atoms with Crippen molar-refractivity contribution in [2.45, 2.75) is 46.1 Å². The molecule has 24 heavy (non-hydrogen) atoms. The smallest absolute Gasteiger partial charge is 0.442 e. The van der Waals surface area contributed by atoms with E-state index in [2.05, 4.69) is 4.99 Å². The maximum Gasteiger partial charge on any atom is 0.442 e. The SMILES string of the molecule is CC1=NC(NC(=O)C(C)(C)C)(C(F)(F)F)C(=O)N1Cc1ccco1. The Balaban J connectivity index is 2.39. The lowest BCUT2D eigenvalue weighted by atomic mass is 9.94. The summed E-state index contributed by atoms with van der Waals surface area (Å²) in [7, 11) is 0. The third-order valence-electron chi connectivity index (χ3n) is 3.55. The maximum atomic E-state index is 13.6. The molecule has 0 saturated carbocycles. The van der Waals surface area contributed by atoms with Gasteiger partial charge in [-0.05, 0) is 19.1 Å². The Bertz CT molecular complexity index is 674. The minimum atomic E-state index is -5.08. The van der Waals surface area contributed by atoms with E-state index in [1.807, 2.05) is 0 Å². The minimum Gasteiger partial charge on any atom is -0.467 e. The molecule has 132 valence electrons. The lowest BCUT2D eigenvalue weighted by Gasteiger charge is -2.31. The second-order valence-electron chi connectivity index (χ2n) is 6.54. The zero-order valence-electron chi connectivity index (χ0n) is 13.7. The topological polar surface area (TPSA) is 74.9 Å². The summed E-state index contributed by atoms with van der Waals surface area (Å²) in [4.78, 5) is 28.9. The molecule has 1 unspecified atom stereocenters. The molecule has 1 aromatic rings. The van der Waals surface area contributed by atoms with Crippen LogP contribution in [0.25, 0.3) is 0 Å². The summed E-state index contributed by atoms with van der Waals surface area (Å²) in [5.41, 5.74) is -4.43. The molecule has 0 bridgehead atoms. The average molecular weight is 345 g/mol. The van der Waals surface area contributed by atoms with Gasteiger partial charge in [-0.2, -0.15) is 13.2 Å². The Kier molecular flexibility index (Phi) is 4.24. The van der Waals surface area contributed by atoms with Crippen molar-refractivity contribution < 1.29 is 27.2 Å². The van der Waals surface area contributed by atoms with Gasteiger partial charge in [-0.15, -0.1) is 0 Å². The van der Waals surface area contributed by atoms with E-state index in [0.717, 1.165) is 4.90 Å². The predicted molar refractivity (Wildman–Crippen MR) is 78.8 cm³/mol. The highest BCUT2D eigenvalue weighted by molar-refractivity contribution is 6.09. The first-order chi connectivity index (χ1) is 10.9. The average Bonchev–Trinajstić information content (AvgIpc) is 3.00. The quantitative estimate of drug-likeness (QED) is 0.914. The molecule has 1 aromatic heterocycles. The van der Waals surface area contributed by atoms with Crippen molar-refractivity contribution >= 4 is 17.6 Å². The van der Waals surface area contributed by atoms with Crippen molar-refractivity contribution in [1.82, 2.24) is 10.2 Å². The van der Waals surface area contributed by atoms with E-state index in [1.165, 1.54) is 40.0 Å². The number of hydrogen-bond donors (Lipinski definition) is 1. The van der Waals surface area contributed by atoms with Crippen LogP contribution in [0, 0.1) is 5.41 Å². The Labute approximate surface area is 136 Å². The fourth-order valence-electron chi connectivity index (χ4n) is 2.13. The van der Waals surface area contributed by atoms with Crippen LogP contribution in [0.4, 0.5) is 13.2 Å². The molecule has 2 rings (SSSR count). The molecule has 0 radical (unpaired) electrons. The summed E-state index contributed by atoms with van der Waals surface area (Å²) in [6, 6.07) is 3.09. The van der Waals surface area contributed by atoms with Crippen LogP contribution >= 0.6 is 0 Å². The number of hydrogen-bond acceptors (Lipinski definition) is 4. The third-order valence-corrected chi connectivity index (χ3v) is 3.55. The van der Waals surface area contributed by atoms with Crippen molar-refractivity contribution in [3.05, 3.63) is 24.2 Å². The lowest BCUT2D eigenvalue weighted by Crippen LogP contribution is -2.64. The Morgan fingerprint density at radius 1 is 1.38 bits per heavy atom. The summed E-state index contributed by atoms with van der Waals surface area (Å²) < 4.78 is 46.0. The second-order valence-corrected chi connectivity index (χ2v) is 6.54. The van der Waals surface area contributed by atoms with Gasteiger partial charge >= 0.3 is 11.8 Å². The first-order valence-corrected chi connectivity index (χ1v) is 7.18. The largest absolute Gasteiger partial charge is 0.467 e. The number of amides is 2. The molecule has 1 aliphatic heterocycles. The van der Waals surface area contributed by atoms with Crippen LogP contribution in [0.1, 0.15) is 33.5 Å². The molecule has 0 fully saturated rings. The van der Waals surface area contributed by atoms with E-state index in [4.69, 9.17) is 4.42 Å². The van der Waals surface area contributed by atoms with Crippen molar-refractivity contribution in [3.8, 4) is 0 Å². The van der Waals surface area contributed by atoms with E-state index in [0.29, 0.717) is 5.76 Å². The minimum absolute atomic E-state index is 0.150. The molecule has 9 heteroatoms. The molecule has 0 saturated heterocycles. The van der Waals surface area contributed by atoms with Gasteiger partial charge in [-0.3, -0.25) is 14.5 Å². The number of nitrogens with one attached hydrogen (secondary N) is 1. The molecule has 1 atom stereocenters. The summed E-state index contributed by atoms with van der Waals surface area (Å²) in [5, 5.41) is 1.79. The van der Waals surface area contributed by atoms with Gasteiger partial charge in [0.2, 0.25) is 5.91 Å². The molecule has 1 aliphatic rings. The van der Waals surface area contributed by atoms with Crippen LogP contribution in [0.15, 0.2) is 27.8 Å². The Hall–Kier alpha value is -2.32. The molecule has 2 heterocycles. The maximum absolute atomic E-state index is 13.6. The third kappa shape index (κ3) is 3.02. The lowest BCUT2D eigenvalue weighted by molar-refractivity contribution is -0.201. The van der Waals surface area contributed by atoms with Crippen molar-refractivity contribution in [1.29, 1.82) is 0 Å². The number of carbonyl (C=O) groups is 2. The summed E-state index contributed by atoms with van der Waals surface area (Å²) in [5.74, 6) is -2.13. The molecular weight excluding hydrogens is 327 g/mol. The molecule has 1 N–H and O–H groups in total. The van der Waals surface area contributed by atoms with E-state index >= 15 is 0 Å². The summed E-state index contributed by atoms with van der Waals surface area (Å²) in [6.45, 7) is 5.41. The number of halogens is 3. The number of furan rings is 1. The van der Waals surface area contributed by atoms with Crippen LogP contribution in [0.5, 0.6) is 0 Å². The summed E-state index contributed by atoms with van der Waals surface area (Å²) >= 11 is 0. The Morgan fingerprint density at radius 2 is 2.00 bits per heavy atom. The fraction of sp³-hybridized carbons (Fsp3) is 0.533. The molecule has 0 aliphatic carbocycles. The highest BCUT2D eigenvalue weighted by atomic mass is 19.4. The highest BCUT2D eigenvalue weighted by Gasteiger charge is 2.67. The number of aliphatic imine (C=N–C) groups is 1. The van der Waals surface area contributed by atoms with Crippen molar-refractivity contribution in [3.63, 3.8) is 0 Å². The molecule has 2 amide bonds. The normalized spacial score (nSPS) is 21.9. The zero-order chi connectivity index (χ0) is 18.3. The monoisotopic (exact) mass is 345 g/mol. The number of alkyl halides is 3. The number of amidine groups is 1. The van der Waals surface area contributed by atoms with Crippen LogP contribution in [0.3, 0.4) is 0 Å².